The molecule has 2 aromatic rings. The van der Waals surface area contributed by atoms with Gasteiger partial charge in [-0.15, -0.1) is 11.3 Å². The summed E-state index contributed by atoms with van der Waals surface area (Å²) in [6.45, 7) is 0. The fourth-order valence-corrected chi connectivity index (χ4v) is 2.75. The molecule has 0 aliphatic rings. The summed E-state index contributed by atoms with van der Waals surface area (Å²) in [7, 11) is 0. The van der Waals surface area contributed by atoms with E-state index in [1.165, 1.54) is 17.4 Å². The predicted octanol–water partition coefficient (Wildman–Crippen LogP) is 4.38. The molecule has 0 saturated heterocycles. The van der Waals surface area contributed by atoms with Crippen molar-refractivity contribution in [1.29, 1.82) is 0 Å². The minimum absolute atomic E-state index is 0.252. The van der Waals surface area contributed by atoms with E-state index in [-0.39, 0.29) is 5.56 Å². The van der Waals surface area contributed by atoms with Gasteiger partial charge in [-0.25, -0.2) is 4.39 Å². The highest BCUT2D eigenvalue weighted by molar-refractivity contribution is 9.10. The number of aliphatic hydroxyl groups is 1. The Balaban J connectivity index is 2.37. The van der Waals surface area contributed by atoms with Crippen LogP contribution in [0.2, 0.25) is 4.34 Å². The second kappa shape index (κ2) is 4.84. The van der Waals surface area contributed by atoms with Crippen molar-refractivity contribution in [1.82, 2.24) is 0 Å². The van der Waals surface area contributed by atoms with E-state index in [1.54, 1.807) is 24.3 Å². The molecule has 1 heterocycles. The molecule has 0 aliphatic heterocycles. The third-order valence-corrected chi connectivity index (χ3v) is 3.90. The molecule has 16 heavy (non-hydrogen) atoms. The Kier molecular flexibility index (Phi) is 3.64. The molecule has 0 saturated carbocycles. The molecule has 5 heteroatoms. The lowest BCUT2D eigenvalue weighted by atomic mass is 10.1. The third-order valence-electron chi connectivity index (χ3n) is 2.12. The van der Waals surface area contributed by atoms with Gasteiger partial charge in [-0.2, -0.15) is 0 Å². The SMILES string of the molecule is OC(c1ccc(Cl)s1)c1ccc(Br)cc1F. The second-order valence-electron chi connectivity index (χ2n) is 3.21. The average Bonchev–Trinajstić information content (AvgIpc) is 2.64. The lowest BCUT2D eigenvalue weighted by molar-refractivity contribution is 0.218. The van der Waals surface area contributed by atoms with Crippen molar-refractivity contribution in [2.45, 2.75) is 6.10 Å². The molecule has 2 rings (SSSR count). The summed E-state index contributed by atoms with van der Waals surface area (Å²) >= 11 is 10.2. The van der Waals surface area contributed by atoms with E-state index < -0.39 is 11.9 Å². The molecular weight excluding hydrogens is 315 g/mol. The van der Waals surface area contributed by atoms with Crippen LogP contribution in [0.4, 0.5) is 4.39 Å². The summed E-state index contributed by atoms with van der Waals surface area (Å²) in [5, 5.41) is 9.97. The molecule has 0 radical (unpaired) electrons. The highest BCUT2D eigenvalue weighted by Crippen LogP contribution is 2.32. The van der Waals surface area contributed by atoms with E-state index in [4.69, 9.17) is 11.6 Å². The number of hydrogen-bond acceptors (Lipinski definition) is 2. The number of thiophene rings is 1. The maximum absolute atomic E-state index is 13.6. The molecule has 1 unspecified atom stereocenters. The third kappa shape index (κ3) is 2.46. The van der Waals surface area contributed by atoms with Gasteiger partial charge in [-0.1, -0.05) is 33.6 Å². The van der Waals surface area contributed by atoms with Crippen molar-refractivity contribution in [3.05, 3.63) is 55.4 Å². The topological polar surface area (TPSA) is 20.2 Å². The molecule has 1 N–H and O–H groups in total. The van der Waals surface area contributed by atoms with Crippen LogP contribution in [0.25, 0.3) is 0 Å². The zero-order chi connectivity index (χ0) is 11.7. The van der Waals surface area contributed by atoms with Crippen molar-refractivity contribution >= 4 is 38.9 Å². The standard InChI is InChI=1S/C11H7BrClFOS/c12-6-1-2-7(8(14)5-6)11(15)9-3-4-10(13)16-9/h1-5,11,15H. The Morgan fingerprint density at radius 1 is 1.31 bits per heavy atom. The molecule has 1 aromatic carbocycles. The fraction of sp³-hybridized carbons (Fsp3) is 0.0909. The number of halogens is 3. The fourth-order valence-electron chi connectivity index (χ4n) is 1.35. The monoisotopic (exact) mass is 320 g/mol. The summed E-state index contributed by atoms with van der Waals surface area (Å²) in [4.78, 5) is 0.631. The Hall–Kier alpha value is -0.420. The quantitative estimate of drug-likeness (QED) is 0.870. The normalized spacial score (nSPS) is 12.8. The largest absolute Gasteiger partial charge is 0.383 e. The first-order valence-corrected chi connectivity index (χ1v) is 6.45. The summed E-state index contributed by atoms with van der Waals surface area (Å²) in [6, 6.07) is 7.95. The highest BCUT2D eigenvalue weighted by Gasteiger charge is 2.16. The van der Waals surface area contributed by atoms with Gasteiger partial charge in [0, 0.05) is 14.9 Å². The molecule has 0 fully saturated rings. The Bertz CT molecular complexity index is 514. The van der Waals surface area contributed by atoms with Crippen LogP contribution in [0.15, 0.2) is 34.8 Å². The van der Waals surface area contributed by atoms with E-state index in [9.17, 15) is 9.50 Å². The summed E-state index contributed by atoms with van der Waals surface area (Å²) in [5.74, 6) is -0.439. The van der Waals surface area contributed by atoms with Crippen LogP contribution in [0.5, 0.6) is 0 Å². The number of rotatable bonds is 2. The lowest BCUT2D eigenvalue weighted by Gasteiger charge is -2.10. The van der Waals surface area contributed by atoms with Crippen LogP contribution in [-0.2, 0) is 0 Å². The number of aliphatic hydroxyl groups excluding tert-OH is 1. The van der Waals surface area contributed by atoms with Gasteiger partial charge in [0.05, 0.1) is 4.34 Å². The van der Waals surface area contributed by atoms with Gasteiger partial charge < -0.3 is 5.11 Å². The molecule has 0 bridgehead atoms. The first-order valence-electron chi connectivity index (χ1n) is 4.46. The number of benzene rings is 1. The van der Waals surface area contributed by atoms with Crippen LogP contribution in [0.3, 0.4) is 0 Å². The summed E-state index contributed by atoms with van der Waals surface area (Å²) < 4.78 is 14.8. The van der Waals surface area contributed by atoms with Gasteiger partial charge >= 0.3 is 0 Å². The Morgan fingerprint density at radius 2 is 2.06 bits per heavy atom. The van der Waals surface area contributed by atoms with Crippen LogP contribution in [0, 0.1) is 5.82 Å². The van der Waals surface area contributed by atoms with Gasteiger partial charge in [0.1, 0.15) is 11.9 Å². The minimum atomic E-state index is -0.967. The molecule has 1 atom stereocenters. The van der Waals surface area contributed by atoms with E-state index in [0.29, 0.717) is 13.7 Å². The molecule has 84 valence electrons. The average molecular weight is 322 g/mol. The van der Waals surface area contributed by atoms with Crippen LogP contribution >= 0.6 is 38.9 Å². The van der Waals surface area contributed by atoms with E-state index >= 15 is 0 Å². The zero-order valence-corrected chi connectivity index (χ0v) is 11.1. The molecule has 1 aromatic heterocycles. The van der Waals surface area contributed by atoms with Crippen molar-refractivity contribution in [3.63, 3.8) is 0 Å². The molecule has 0 aliphatic carbocycles. The van der Waals surface area contributed by atoms with E-state index in [2.05, 4.69) is 15.9 Å². The molecule has 0 spiro atoms. The zero-order valence-electron chi connectivity index (χ0n) is 7.95. The molecule has 1 nitrogen and oxygen atoms in total. The van der Waals surface area contributed by atoms with Gasteiger partial charge in [0.25, 0.3) is 0 Å². The van der Waals surface area contributed by atoms with Gasteiger partial charge in [0.2, 0.25) is 0 Å². The molecule has 0 amide bonds. The van der Waals surface area contributed by atoms with Crippen LogP contribution < -0.4 is 0 Å². The minimum Gasteiger partial charge on any atom is -0.383 e. The van der Waals surface area contributed by atoms with E-state index in [0.717, 1.165) is 0 Å². The van der Waals surface area contributed by atoms with Crippen molar-refractivity contribution in [3.8, 4) is 0 Å². The lowest BCUT2D eigenvalue weighted by Crippen LogP contribution is -2.00. The summed E-state index contributed by atoms with van der Waals surface area (Å²) in [5.41, 5.74) is 0.252. The second-order valence-corrected chi connectivity index (χ2v) is 5.87. The van der Waals surface area contributed by atoms with Gasteiger partial charge in [-0.3, -0.25) is 0 Å². The van der Waals surface area contributed by atoms with Gasteiger partial charge in [0.15, 0.2) is 0 Å². The van der Waals surface area contributed by atoms with Crippen molar-refractivity contribution in [2.24, 2.45) is 0 Å². The number of hydrogen-bond donors (Lipinski definition) is 1. The first-order chi connectivity index (χ1) is 7.58. The van der Waals surface area contributed by atoms with Crippen molar-refractivity contribution < 1.29 is 9.50 Å². The van der Waals surface area contributed by atoms with Crippen molar-refractivity contribution in [2.75, 3.05) is 0 Å². The van der Waals surface area contributed by atoms with Crippen LogP contribution in [0.1, 0.15) is 16.5 Å². The highest BCUT2D eigenvalue weighted by atomic mass is 79.9. The Labute approximate surface area is 110 Å². The maximum Gasteiger partial charge on any atom is 0.130 e. The molecular formula is C11H7BrClFOS. The first kappa shape index (κ1) is 12.0. The predicted molar refractivity (Wildman–Crippen MR) is 67.5 cm³/mol. The van der Waals surface area contributed by atoms with Crippen LogP contribution in [-0.4, -0.2) is 5.11 Å². The smallest absolute Gasteiger partial charge is 0.130 e. The van der Waals surface area contributed by atoms with Gasteiger partial charge in [-0.05, 0) is 24.3 Å². The van der Waals surface area contributed by atoms with E-state index in [1.807, 2.05) is 0 Å². The maximum atomic E-state index is 13.6. The summed E-state index contributed by atoms with van der Waals surface area (Å²) in [6.07, 6.45) is -0.967. The Morgan fingerprint density at radius 3 is 2.62 bits per heavy atom.